The van der Waals surface area contributed by atoms with Crippen molar-refractivity contribution in [3.8, 4) is 0 Å². The fourth-order valence-corrected chi connectivity index (χ4v) is 2.68. The monoisotopic (exact) mass is 264 g/mol. The van der Waals surface area contributed by atoms with Crippen molar-refractivity contribution in [3.63, 3.8) is 0 Å². The van der Waals surface area contributed by atoms with Crippen LogP contribution in [0.15, 0.2) is 12.4 Å². The minimum atomic E-state index is 0.0984. The molecule has 1 aliphatic rings. The van der Waals surface area contributed by atoms with Crippen LogP contribution in [0.1, 0.15) is 46.0 Å². The molecule has 19 heavy (non-hydrogen) atoms. The van der Waals surface area contributed by atoms with Crippen LogP contribution < -0.4 is 5.32 Å². The highest BCUT2D eigenvalue weighted by atomic mass is 16.1. The molecule has 1 atom stereocenters. The maximum Gasteiger partial charge on any atom is 0.220 e. The van der Waals surface area contributed by atoms with Crippen LogP contribution in [0.3, 0.4) is 0 Å². The van der Waals surface area contributed by atoms with Crippen LogP contribution in [-0.2, 0) is 11.3 Å². The van der Waals surface area contributed by atoms with Crippen molar-refractivity contribution in [1.29, 1.82) is 0 Å². The predicted molar refractivity (Wildman–Crippen MR) is 73.4 cm³/mol. The molecule has 1 aliphatic carbocycles. The Morgan fingerprint density at radius 3 is 2.53 bits per heavy atom. The van der Waals surface area contributed by atoms with Gasteiger partial charge in [0, 0.05) is 6.42 Å². The van der Waals surface area contributed by atoms with Gasteiger partial charge in [-0.3, -0.25) is 4.79 Å². The summed E-state index contributed by atoms with van der Waals surface area (Å²) >= 11 is 0. The van der Waals surface area contributed by atoms with E-state index in [0.29, 0.717) is 24.8 Å². The number of nitrogens with zero attached hydrogens (tertiary/aromatic N) is 3. The van der Waals surface area contributed by atoms with E-state index in [1.165, 1.54) is 25.7 Å². The normalized spacial score (nSPS) is 17.8. The molecule has 0 saturated heterocycles. The van der Waals surface area contributed by atoms with E-state index in [4.69, 9.17) is 0 Å². The zero-order valence-corrected chi connectivity index (χ0v) is 11.9. The van der Waals surface area contributed by atoms with Crippen molar-refractivity contribution >= 4 is 5.91 Å². The third-order valence-corrected chi connectivity index (χ3v) is 3.93. The van der Waals surface area contributed by atoms with Crippen molar-refractivity contribution in [2.24, 2.45) is 11.8 Å². The van der Waals surface area contributed by atoms with Crippen LogP contribution in [0.2, 0.25) is 0 Å². The van der Waals surface area contributed by atoms with Gasteiger partial charge in [0.1, 0.15) is 0 Å². The van der Waals surface area contributed by atoms with Crippen molar-refractivity contribution in [2.45, 2.75) is 58.5 Å². The van der Waals surface area contributed by atoms with E-state index in [1.54, 1.807) is 17.2 Å². The number of carbonyl (C=O) groups excluding carboxylic acids is 1. The molecule has 5 heteroatoms. The topological polar surface area (TPSA) is 59.8 Å². The van der Waals surface area contributed by atoms with Gasteiger partial charge in [0.15, 0.2) is 0 Å². The highest BCUT2D eigenvalue weighted by Crippen LogP contribution is 2.27. The fraction of sp³-hybridized carbons (Fsp3) is 0.786. The molecule has 5 nitrogen and oxygen atoms in total. The highest BCUT2D eigenvalue weighted by Gasteiger charge is 2.22. The largest absolute Gasteiger partial charge is 0.351 e. The van der Waals surface area contributed by atoms with E-state index in [9.17, 15) is 4.79 Å². The molecule has 0 aliphatic heterocycles. The first-order valence-corrected chi connectivity index (χ1v) is 7.28. The molecule has 1 amide bonds. The minimum Gasteiger partial charge on any atom is -0.351 e. The molecule has 1 heterocycles. The van der Waals surface area contributed by atoms with Crippen LogP contribution in [0.5, 0.6) is 0 Å². The third kappa shape index (κ3) is 4.33. The highest BCUT2D eigenvalue weighted by molar-refractivity contribution is 5.76. The lowest BCUT2D eigenvalue weighted by molar-refractivity contribution is -0.123. The molecule has 1 saturated carbocycles. The van der Waals surface area contributed by atoms with Crippen molar-refractivity contribution in [1.82, 2.24) is 20.3 Å². The second kappa shape index (κ2) is 6.68. The van der Waals surface area contributed by atoms with Gasteiger partial charge in [-0.15, -0.1) is 0 Å². The van der Waals surface area contributed by atoms with E-state index < -0.39 is 0 Å². The lowest BCUT2D eigenvalue weighted by Gasteiger charge is -2.22. The van der Waals surface area contributed by atoms with Crippen LogP contribution in [0.4, 0.5) is 0 Å². The standard InChI is InChI=1S/C14H24N4O/c1-11(2)13(10-18-15-7-8-16-18)17-14(19)9-12-5-3-4-6-12/h7-8,11-13H,3-6,9-10H2,1-2H3,(H,17,19)/t13-/m0/s1. The molecular formula is C14H24N4O. The summed E-state index contributed by atoms with van der Waals surface area (Å²) in [6.45, 7) is 4.87. The molecule has 0 unspecified atom stereocenters. The minimum absolute atomic E-state index is 0.0984. The van der Waals surface area contributed by atoms with Crippen LogP contribution in [0.25, 0.3) is 0 Å². The third-order valence-electron chi connectivity index (χ3n) is 3.93. The maximum absolute atomic E-state index is 12.1. The number of rotatable bonds is 6. The summed E-state index contributed by atoms with van der Waals surface area (Å²) in [5.74, 6) is 1.15. The summed E-state index contributed by atoms with van der Waals surface area (Å²) in [5.41, 5.74) is 0. The van der Waals surface area contributed by atoms with Gasteiger partial charge in [0.25, 0.3) is 0 Å². The van der Waals surface area contributed by atoms with Gasteiger partial charge in [-0.05, 0) is 24.7 Å². The Balaban J connectivity index is 1.83. The first-order valence-electron chi connectivity index (χ1n) is 7.28. The van der Waals surface area contributed by atoms with E-state index >= 15 is 0 Å². The second-order valence-corrected chi connectivity index (χ2v) is 5.86. The number of hydrogen-bond donors (Lipinski definition) is 1. The summed E-state index contributed by atoms with van der Waals surface area (Å²) in [6, 6.07) is 0.0984. The van der Waals surface area contributed by atoms with Crippen LogP contribution in [-0.4, -0.2) is 26.9 Å². The van der Waals surface area contributed by atoms with Gasteiger partial charge in [0.05, 0.1) is 25.0 Å². The van der Waals surface area contributed by atoms with Crippen molar-refractivity contribution in [2.75, 3.05) is 0 Å². The Kier molecular flexibility index (Phi) is 4.93. The lowest BCUT2D eigenvalue weighted by atomic mass is 10.0. The Morgan fingerprint density at radius 2 is 1.95 bits per heavy atom. The Hall–Kier alpha value is -1.39. The van der Waals surface area contributed by atoms with Crippen molar-refractivity contribution < 1.29 is 4.79 Å². The van der Waals surface area contributed by atoms with E-state index in [-0.39, 0.29) is 11.9 Å². The Bertz CT molecular complexity index is 382. The Morgan fingerprint density at radius 1 is 1.32 bits per heavy atom. The molecule has 1 aromatic heterocycles. The lowest BCUT2D eigenvalue weighted by Crippen LogP contribution is -2.42. The zero-order chi connectivity index (χ0) is 13.7. The quantitative estimate of drug-likeness (QED) is 0.855. The SMILES string of the molecule is CC(C)[C@H](Cn1nccn1)NC(=O)CC1CCCC1. The molecule has 0 spiro atoms. The fourth-order valence-electron chi connectivity index (χ4n) is 2.68. The molecule has 106 valence electrons. The molecule has 0 radical (unpaired) electrons. The number of carbonyl (C=O) groups is 1. The summed E-state index contributed by atoms with van der Waals surface area (Å²) in [7, 11) is 0. The van der Waals surface area contributed by atoms with Gasteiger partial charge in [-0.25, -0.2) is 0 Å². The molecule has 1 fully saturated rings. The molecule has 0 aromatic carbocycles. The Labute approximate surface area is 114 Å². The number of hydrogen-bond acceptors (Lipinski definition) is 3. The first-order chi connectivity index (χ1) is 9.15. The number of aromatic nitrogens is 3. The average molecular weight is 264 g/mol. The van der Waals surface area contributed by atoms with E-state index in [0.717, 1.165) is 0 Å². The smallest absolute Gasteiger partial charge is 0.220 e. The summed E-state index contributed by atoms with van der Waals surface area (Å²) < 4.78 is 0. The molecule has 2 rings (SSSR count). The molecule has 1 aromatic rings. The van der Waals surface area contributed by atoms with Gasteiger partial charge < -0.3 is 5.32 Å². The van der Waals surface area contributed by atoms with Crippen LogP contribution >= 0.6 is 0 Å². The molecular weight excluding hydrogens is 240 g/mol. The summed E-state index contributed by atoms with van der Waals surface area (Å²) in [6.07, 6.45) is 8.98. The van der Waals surface area contributed by atoms with Gasteiger partial charge in [0.2, 0.25) is 5.91 Å². The van der Waals surface area contributed by atoms with Crippen LogP contribution in [0, 0.1) is 11.8 Å². The van der Waals surface area contributed by atoms with Gasteiger partial charge in [-0.2, -0.15) is 15.0 Å². The first kappa shape index (κ1) is 14.0. The molecule has 1 N–H and O–H groups in total. The van der Waals surface area contributed by atoms with E-state index in [2.05, 4.69) is 29.4 Å². The number of amides is 1. The predicted octanol–water partition coefficient (Wildman–Crippen LogP) is 2.00. The van der Waals surface area contributed by atoms with Crippen molar-refractivity contribution in [3.05, 3.63) is 12.4 Å². The van der Waals surface area contributed by atoms with Gasteiger partial charge >= 0.3 is 0 Å². The van der Waals surface area contributed by atoms with E-state index in [1.807, 2.05) is 0 Å². The summed E-state index contributed by atoms with van der Waals surface area (Å²) in [4.78, 5) is 13.7. The second-order valence-electron chi connectivity index (χ2n) is 5.86. The number of nitrogens with one attached hydrogen (secondary N) is 1. The average Bonchev–Trinajstić information content (AvgIpc) is 3.00. The maximum atomic E-state index is 12.1. The van der Waals surface area contributed by atoms with Gasteiger partial charge in [-0.1, -0.05) is 26.7 Å². The summed E-state index contributed by atoms with van der Waals surface area (Å²) in [5, 5.41) is 11.3. The molecule has 0 bridgehead atoms. The zero-order valence-electron chi connectivity index (χ0n) is 11.9.